The van der Waals surface area contributed by atoms with Crippen LogP contribution in [0.5, 0.6) is 5.75 Å². The SMILES string of the molecule is COc1c(C)cnc(CC2(O)CCCN(C)C2)c1C. The second-order valence-corrected chi connectivity index (χ2v) is 5.79. The van der Waals surface area contributed by atoms with E-state index >= 15 is 0 Å². The van der Waals surface area contributed by atoms with Crippen LogP contribution >= 0.6 is 0 Å². The molecule has 4 heteroatoms. The van der Waals surface area contributed by atoms with E-state index in [0.717, 1.165) is 42.0 Å². The average molecular weight is 264 g/mol. The quantitative estimate of drug-likeness (QED) is 0.902. The van der Waals surface area contributed by atoms with Crippen molar-refractivity contribution in [1.82, 2.24) is 9.88 Å². The molecule has 1 aliphatic rings. The Morgan fingerprint density at radius 2 is 2.21 bits per heavy atom. The van der Waals surface area contributed by atoms with Gasteiger partial charge in [0.05, 0.1) is 12.7 Å². The van der Waals surface area contributed by atoms with Crippen molar-refractivity contribution in [3.8, 4) is 5.75 Å². The summed E-state index contributed by atoms with van der Waals surface area (Å²) in [5.41, 5.74) is 2.37. The highest BCUT2D eigenvalue weighted by Gasteiger charge is 2.33. The van der Waals surface area contributed by atoms with Crippen LogP contribution in [0.4, 0.5) is 0 Å². The number of ether oxygens (including phenoxy) is 1. The van der Waals surface area contributed by atoms with Crippen molar-refractivity contribution >= 4 is 0 Å². The van der Waals surface area contributed by atoms with Gasteiger partial charge in [0.15, 0.2) is 0 Å². The van der Waals surface area contributed by atoms with E-state index in [1.165, 1.54) is 0 Å². The summed E-state index contributed by atoms with van der Waals surface area (Å²) in [4.78, 5) is 6.68. The van der Waals surface area contributed by atoms with Crippen molar-refractivity contribution in [2.75, 3.05) is 27.2 Å². The van der Waals surface area contributed by atoms with Gasteiger partial charge >= 0.3 is 0 Å². The Bertz CT molecular complexity index is 462. The minimum Gasteiger partial charge on any atom is -0.496 e. The highest BCUT2D eigenvalue weighted by atomic mass is 16.5. The topological polar surface area (TPSA) is 45.6 Å². The van der Waals surface area contributed by atoms with E-state index in [4.69, 9.17) is 4.74 Å². The number of rotatable bonds is 3. The van der Waals surface area contributed by atoms with Crippen molar-refractivity contribution in [2.24, 2.45) is 0 Å². The number of nitrogens with zero attached hydrogens (tertiary/aromatic N) is 2. The van der Waals surface area contributed by atoms with E-state index in [2.05, 4.69) is 16.9 Å². The number of aryl methyl sites for hydroxylation is 1. The molecule has 106 valence electrons. The number of β-amino-alcohol motifs (C(OH)–C–C–N with tert-alkyl or cyclic N) is 1. The van der Waals surface area contributed by atoms with E-state index < -0.39 is 5.60 Å². The third-order valence-corrected chi connectivity index (χ3v) is 3.99. The molecule has 0 amide bonds. The average Bonchev–Trinajstić information content (AvgIpc) is 2.33. The minimum atomic E-state index is -0.662. The van der Waals surface area contributed by atoms with Crippen molar-refractivity contribution in [1.29, 1.82) is 0 Å². The van der Waals surface area contributed by atoms with E-state index in [1.807, 2.05) is 20.0 Å². The van der Waals surface area contributed by atoms with Gasteiger partial charge in [0.1, 0.15) is 5.75 Å². The molecule has 19 heavy (non-hydrogen) atoms. The van der Waals surface area contributed by atoms with Crippen molar-refractivity contribution in [2.45, 2.75) is 38.7 Å². The molecule has 0 bridgehead atoms. The van der Waals surface area contributed by atoms with Crippen LogP contribution in [0, 0.1) is 13.8 Å². The molecular weight excluding hydrogens is 240 g/mol. The van der Waals surface area contributed by atoms with Crippen LogP contribution in [-0.4, -0.2) is 47.8 Å². The number of aliphatic hydroxyl groups is 1. The molecule has 1 saturated heterocycles. The summed E-state index contributed by atoms with van der Waals surface area (Å²) in [6.07, 6.45) is 4.31. The normalized spacial score (nSPS) is 24.5. The summed E-state index contributed by atoms with van der Waals surface area (Å²) in [5, 5.41) is 10.7. The highest BCUT2D eigenvalue weighted by molar-refractivity contribution is 5.41. The Balaban J connectivity index is 2.23. The first-order chi connectivity index (χ1) is 8.95. The zero-order chi connectivity index (χ0) is 14.0. The van der Waals surface area contributed by atoms with Crippen LogP contribution in [-0.2, 0) is 6.42 Å². The van der Waals surface area contributed by atoms with Crippen LogP contribution in [0.2, 0.25) is 0 Å². The Morgan fingerprint density at radius 3 is 2.84 bits per heavy atom. The lowest BCUT2D eigenvalue weighted by molar-refractivity contribution is -0.0232. The van der Waals surface area contributed by atoms with Crippen molar-refractivity contribution in [3.05, 3.63) is 23.0 Å². The molecule has 0 radical (unpaired) electrons. The van der Waals surface area contributed by atoms with Gasteiger partial charge in [-0.3, -0.25) is 4.98 Å². The molecule has 1 aliphatic heterocycles. The van der Waals surface area contributed by atoms with Gasteiger partial charge in [-0.15, -0.1) is 0 Å². The van der Waals surface area contributed by atoms with Gasteiger partial charge in [-0.25, -0.2) is 0 Å². The van der Waals surface area contributed by atoms with Crippen LogP contribution in [0.15, 0.2) is 6.20 Å². The Kier molecular flexibility index (Phi) is 4.11. The highest BCUT2D eigenvalue weighted by Crippen LogP contribution is 2.29. The number of hydrogen-bond acceptors (Lipinski definition) is 4. The molecular formula is C15H24N2O2. The second kappa shape index (κ2) is 5.47. The molecule has 1 N–H and O–H groups in total. The molecule has 1 aromatic rings. The number of piperidine rings is 1. The molecule has 2 heterocycles. The molecule has 0 aromatic carbocycles. The van der Waals surface area contributed by atoms with Crippen LogP contribution < -0.4 is 4.74 Å². The standard InChI is InChI=1S/C15H24N2O2/c1-11-9-16-13(12(2)14(11)19-4)8-15(18)6-5-7-17(3)10-15/h9,18H,5-8,10H2,1-4H3. The fraction of sp³-hybridized carbons (Fsp3) is 0.667. The first-order valence-corrected chi connectivity index (χ1v) is 6.85. The van der Waals surface area contributed by atoms with Gasteiger partial charge in [-0.1, -0.05) is 0 Å². The van der Waals surface area contributed by atoms with Gasteiger partial charge in [-0.2, -0.15) is 0 Å². The zero-order valence-electron chi connectivity index (χ0n) is 12.4. The Hall–Kier alpha value is -1.13. The molecule has 1 unspecified atom stereocenters. The summed E-state index contributed by atoms with van der Waals surface area (Å²) in [6, 6.07) is 0. The lowest BCUT2D eigenvalue weighted by Gasteiger charge is -2.37. The second-order valence-electron chi connectivity index (χ2n) is 5.79. The molecule has 0 spiro atoms. The minimum absolute atomic E-state index is 0.597. The van der Waals surface area contributed by atoms with Gasteiger partial charge in [0.25, 0.3) is 0 Å². The number of likely N-dealkylation sites (N-methyl/N-ethyl adjacent to an activating group) is 1. The van der Waals surface area contributed by atoms with E-state index in [0.29, 0.717) is 13.0 Å². The summed E-state index contributed by atoms with van der Waals surface area (Å²) in [6.45, 7) is 5.78. The number of likely N-dealkylation sites (tertiary alicyclic amines) is 1. The van der Waals surface area contributed by atoms with Gasteiger partial charge < -0.3 is 14.7 Å². The Morgan fingerprint density at radius 1 is 1.47 bits per heavy atom. The third-order valence-electron chi connectivity index (χ3n) is 3.99. The van der Waals surface area contributed by atoms with E-state index in [9.17, 15) is 5.11 Å². The predicted molar refractivity (Wildman–Crippen MR) is 75.6 cm³/mol. The lowest BCUT2D eigenvalue weighted by Crippen LogP contribution is -2.48. The van der Waals surface area contributed by atoms with E-state index in [-0.39, 0.29) is 0 Å². The number of methoxy groups -OCH3 is 1. The number of aromatic nitrogens is 1. The van der Waals surface area contributed by atoms with Gasteiger partial charge in [0, 0.05) is 36.0 Å². The molecule has 1 atom stereocenters. The fourth-order valence-electron chi connectivity index (χ4n) is 3.04. The van der Waals surface area contributed by atoms with Gasteiger partial charge in [0.2, 0.25) is 0 Å². The predicted octanol–water partition coefficient (Wildman–Crippen LogP) is 1.71. The maximum atomic E-state index is 10.7. The fourth-order valence-corrected chi connectivity index (χ4v) is 3.04. The monoisotopic (exact) mass is 264 g/mol. The van der Waals surface area contributed by atoms with Crippen molar-refractivity contribution < 1.29 is 9.84 Å². The summed E-state index contributed by atoms with van der Waals surface area (Å²) in [5.74, 6) is 0.887. The maximum Gasteiger partial charge on any atom is 0.128 e. The first-order valence-electron chi connectivity index (χ1n) is 6.85. The number of pyridine rings is 1. The van der Waals surface area contributed by atoms with Crippen LogP contribution in [0.1, 0.15) is 29.7 Å². The molecule has 1 fully saturated rings. The molecule has 2 rings (SSSR count). The molecule has 0 saturated carbocycles. The van der Waals surface area contributed by atoms with Gasteiger partial charge in [-0.05, 0) is 40.3 Å². The first kappa shape index (κ1) is 14.3. The largest absolute Gasteiger partial charge is 0.496 e. The summed E-state index contributed by atoms with van der Waals surface area (Å²) >= 11 is 0. The van der Waals surface area contributed by atoms with E-state index in [1.54, 1.807) is 7.11 Å². The molecule has 4 nitrogen and oxygen atoms in total. The molecule has 0 aliphatic carbocycles. The zero-order valence-corrected chi connectivity index (χ0v) is 12.4. The molecule has 1 aromatic heterocycles. The van der Waals surface area contributed by atoms with Crippen LogP contribution in [0.25, 0.3) is 0 Å². The summed E-state index contributed by atoms with van der Waals surface area (Å²) in [7, 11) is 3.74. The maximum absolute atomic E-state index is 10.7. The van der Waals surface area contributed by atoms with Crippen molar-refractivity contribution in [3.63, 3.8) is 0 Å². The lowest BCUT2D eigenvalue weighted by atomic mass is 9.87. The Labute approximate surface area is 115 Å². The third kappa shape index (κ3) is 3.07. The number of hydrogen-bond donors (Lipinski definition) is 1. The smallest absolute Gasteiger partial charge is 0.128 e. The van der Waals surface area contributed by atoms with Crippen LogP contribution in [0.3, 0.4) is 0 Å². The summed E-state index contributed by atoms with van der Waals surface area (Å²) < 4.78 is 5.43.